The zero-order chi connectivity index (χ0) is 16.2. The summed E-state index contributed by atoms with van der Waals surface area (Å²) in [6.07, 6.45) is 2.00. The highest BCUT2D eigenvalue weighted by atomic mass is 35.5. The Kier molecular flexibility index (Phi) is 5.83. The molecule has 0 radical (unpaired) electrons. The second kappa shape index (κ2) is 7.44. The largest absolute Gasteiger partial charge is 0.356 e. The van der Waals surface area contributed by atoms with Crippen LogP contribution in [-0.2, 0) is 14.8 Å². The lowest BCUT2D eigenvalue weighted by Gasteiger charge is -2.30. The molecular weight excluding hydrogens is 324 g/mol. The third-order valence-corrected chi connectivity index (χ3v) is 5.94. The van der Waals surface area contributed by atoms with E-state index in [1.54, 1.807) is 18.2 Å². The van der Waals surface area contributed by atoms with Gasteiger partial charge in [0.1, 0.15) is 0 Å². The number of hydrogen-bond donors (Lipinski definition) is 1. The van der Waals surface area contributed by atoms with Gasteiger partial charge in [-0.1, -0.05) is 24.6 Å². The Morgan fingerprint density at radius 2 is 2.05 bits per heavy atom. The number of amides is 1. The van der Waals surface area contributed by atoms with Crippen LogP contribution in [0.4, 0.5) is 0 Å². The highest BCUT2D eigenvalue weighted by molar-refractivity contribution is 7.89. The molecule has 0 aliphatic carbocycles. The van der Waals surface area contributed by atoms with Crippen molar-refractivity contribution in [2.45, 2.75) is 31.1 Å². The zero-order valence-corrected chi connectivity index (χ0v) is 14.2. The fourth-order valence-electron chi connectivity index (χ4n) is 2.53. The SMILES string of the molecule is CCCNC(=O)C1CCN(S(=O)(=O)c2cccc(Cl)c2)CC1. The van der Waals surface area contributed by atoms with Crippen molar-refractivity contribution in [1.29, 1.82) is 0 Å². The molecule has 1 amide bonds. The number of piperidine rings is 1. The highest BCUT2D eigenvalue weighted by Crippen LogP contribution is 2.25. The van der Waals surface area contributed by atoms with Gasteiger partial charge in [0.05, 0.1) is 4.90 Å². The number of halogens is 1. The minimum Gasteiger partial charge on any atom is -0.356 e. The summed E-state index contributed by atoms with van der Waals surface area (Å²) in [6.45, 7) is 3.39. The Hall–Kier alpha value is -1.11. The Morgan fingerprint density at radius 3 is 2.64 bits per heavy atom. The molecule has 2 rings (SSSR count). The normalized spacial score (nSPS) is 17.4. The summed E-state index contributed by atoms with van der Waals surface area (Å²) in [7, 11) is -3.53. The molecule has 0 saturated carbocycles. The fourth-order valence-corrected chi connectivity index (χ4v) is 4.30. The van der Waals surface area contributed by atoms with Crippen molar-refractivity contribution in [2.75, 3.05) is 19.6 Å². The molecule has 1 N–H and O–H groups in total. The molecule has 1 aromatic carbocycles. The summed E-state index contributed by atoms with van der Waals surface area (Å²) in [6, 6.07) is 6.27. The van der Waals surface area contributed by atoms with Gasteiger partial charge in [-0.15, -0.1) is 0 Å². The molecule has 1 heterocycles. The molecule has 122 valence electrons. The number of sulfonamides is 1. The predicted octanol–water partition coefficient (Wildman–Crippen LogP) is 2.27. The second-order valence-corrected chi connectivity index (χ2v) is 7.80. The zero-order valence-electron chi connectivity index (χ0n) is 12.6. The number of carbonyl (C=O) groups is 1. The Balaban J connectivity index is 2.00. The van der Waals surface area contributed by atoms with E-state index in [0.717, 1.165) is 6.42 Å². The van der Waals surface area contributed by atoms with Gasteiger partial charge in [-0.25, -0.2) is 8.42 Å². The number of hydrogen-bond acceptors (Lipinski definition) is 3. The third kappa shape index (κ3) is 4.00. The maximum atomic E-state index is 12.6. The fraction of sp³-hybridized carbons (Fsp3) is 0.533. The lowest BCUT2D eigenvalue weighted by atomic mass is 9.97. The van der Waals surface area contributed by atoms with Crippen LogP contribution in [0, 0.1) is 5.92 Å². The molecule has 0 bridgehead atoms. The maximum Gasteiger partial charge on any atom is 0.243 e. The third-order valence-electron chi connectivity index (χ3n) is 3.81. The van der Waals surface area contributed by atoms with Crippen LogP contribution in [0.15, 0.2) is 29.2 Å². The van der Waals surface area contributed by atoms with Gasteiger partial charge < -0.3 is 5.32 Å². The van der Waals surface area contributed by atoms with Crippen molar-refractivity contribution in [3.8, 4) is 0 Å². The topological polar surface area (TPSA) is 66.5 Å². The van der Waals surface area contributed by atoms with Gasteiger partial charge in [0.2, 0.25) is 15.9 Å². The molecule has 1 saturated heterocycles. The standard InChI is InChI=1S/C15H21ClN2O3S/c1-2-8-17-15(19)12-6-9-18(10-7-12)22(20,21)14-5-3-4-13(16)11-14/h3-5,11-12H,2,6-10H2,1H3,(H,17,19). The van der Waals surface area contributed by atoms with Crippen molar-refractivity contribution in [2.24, 2.45) is 5.92 Å². The number of nitrogens with one attached hydrogen (secondary N) is 1. The molecule has 1 fully saturated rings. The molecule has 1 aromatic rings. The molecule has 0 atom stereocenters. The van der Waals surface area contributed by atoms with E-state index >= 15 is 0 Å². The first kappa shape index (κ1) is 17.2. The second-order valence-electron chi connectivity index (χ2n) is 5.43. The van der Waals surface area contributed by atoms with Crippen LogP contribution in [-0.4, -0.2) is 38.3 Å². The summed E-state index contributed by atoms with van der Waals surface area (Å²) >= 11 is 5.87. The number of carbonyl (C=O) groups excluding carboxylic acids is 1. The van der Waals surface area contributed by atoms with Crippen LogP contribution < -0.4 is 5.32 Å². The summed E-state index contributed by atoms with van der Waals surface area (Å²) < 4.78 is 26.5. The quantitative estimate of drug-likeness (QED) is 0.891. The van der Waals surface area contributed by atoms with E-state index in [9.17, 15) is 13.2 Å². The van der Waals surface area contributed by atoms with Gasteiger partial charge in [0, 0.05) is 30.6 Å². The minimum atomic E-state index is -3.53. The Morgan fingerprint density at radius 1 is 1.36 bits per heavy atom. The van der Waals surface area contributed by atoms with Crippen molar-refractivity contribution < 1.29 is 13.2 Å². The molecule has 1 aliphatic rings. The van der Waals surface area contributed by atoms with Gasteiger partial charge in [0.25, 0.3) is 0 Å². The summed E-state index contributed by atoms with van der Waals surface area (Å²) in [5.41, 5.74) is 0. The van der Waals surface area contributed by atoms with Crippen LogP contribution in [0.25, 0.3) is 0 Å². The smallest absolute Gasteiger partial charge is 0.243 e. The van der Waals surface area contributed by atoms with Crippen molar-refractivity contribution in [3.63, 3.8) is 0 Å². The van der Waals surface area contributed by atoms with Gasteiger partial charge in [-0.3, -0.25) is 4.79 Å². The molecule has 22 heavy (non-hydrogen) atoms. The van der Waals surface area contributed by atoms with Crippen LogP contribution in [0.1, 0.15) is 26.2 Å². The summed E-state index contributed by atoms with van der Waals surface area (Å²) in [4.78, 5) is 12.1. The van der Waals surface area contributed by atoms with E-state index < -0.39 is 10.0 Å². The average Bonchev–Trinajstić information content (AvgIpc) is 2.52. The van der Waals surface area contributed by atoms with E-state index in [4.69, 9.17) is 11.6 Å². The molecule has 7 heteroatoms. The maximum absolute atomic E-state index is 12.6. The van der Waals surface area contributed by atoms with Gasteiger partial charge >= 0.3 is 0 Å². The van der Waals surface area contributed by atoms with Crippen LogP contribution in [0.3, 0.4) is 0 Å². The lowest BCUT2D eigenvalue weighted by Crippen LogP contribution is -2.43. The van der Waals surface area contributed by atoms with E-state index in [2.05, 4.69) is 5.32 Å². The number of rotatable bonds is 5. The van der Waals surface area contributed by atoms with Gasteiger partial charge in [0.15, 0.2) is 0 Å². The van der Waals surface area contributed by atoms with E-state index in [1.807, 2.05) is 6.92 Å². The Bertz CT molecular complexity index is 625. The number of nitrogens with zero attached hydrogens (tertiary/aromatic N) is 1. The van der Waals surface area contributed by atoms with Gasteiger partial charge in [-0.2, -0.15) is 4.31 Å². The molecular formula is C15H21ClN2O3S. The van der Waals surface area contributed by atoms with Crippen molar-refractivity contribution in [1.82, 2.24) is 9.62 Å². The molecule has 0 unspecified atom stereocenters. The first-order valence-electron chi connectivity index (χ1n) is 7.48. The molecule has 0 spiro atoms. The predicted molar refractivity (Wildman–Crippen MR) is 86.2 cm³/mol. The van der Waals surface area contributed by atoms with Crippen molar-refractivity contribution >= 4 is 27.5 Å². The highest BCUT2D eigenvalue weighted by Gasteiger charge is 2.31. The monoisotopic (exact) mass is 344 g/mol. The van der Waals surface area contributed by atoms with Crippen molar-refractivity contribution in [3.05, 3.63) is 29.3 Å². The first-order chi connectivity index (χ1) is 10.4. The summed E-state index contributed by atoms with van der Waals surface area (Å²) in [5.74, 6) is -0.0704. The Labute approximate surface area is 136 Å². The van der Waals surface area contributed by atoms with E-state index in [0.29, 0.717) is 37.5 Å². The minimum absolute atomic E-state index is 0.0293. The van der Waals surface area contributed by atoms with Gasteiger partial charge in [-0.05, 0) is 37.5 Å². The first-order valence-corrected chi connectivity index (χ1v) is 9.30. The lowest BCUT2D eigenvalue weighted by molar-refractivity contribution is -0.126. The average molecular weight is 345 g/mol. The van der Waals surface area contributed by atoms with E-state index in [-0.39, 0.29) is 16.7 Å². The van der Waals surface area contributed by atoms with Crippen LogP contribution in [0.5, 0.6) is 0 Å². The molecule has 1 aliphatic heterocycles. The van der Waals surface area contributed by atoms with Crippen LogP contribution in [0.2, 0.25) is 5.02 Å². The molecule has 0 aromatic heterocycles. The number of benzene rings is 1. The summed E-state index contributed by atoms with van der Waals surface area (Å²) in [5, 5.41) is 3.27. The van der Waals surface area contributed by atoms with Crippen LogP contribution >= 0.6 is 11.6 Å². The molecule has 5 nitrogen and oxygen atoms in total. The van der Waals surface area contributed by atoms with E-state index in [1.165, 1.54) is 10.4 Å².